The number of likely N-dealkylation sites (tertiary alicyclic amines) is 1. The van der Waals surface area contributed by atoms with Crippen LogP contribution >= 0.6 is 11.6 Å². The molecule has 0 aliphatic carbocycles. The Hall–Kier alpha value is -0.660. The number of nitrogens with one attached hydrogen (secondary N) is 1. The Morgan fingerprint density at radius 1 is 1.48 bits per heavy atom. The van der Waals surface area contributed by atoms with Crippen LogP contribution < -0.4 is 4.72 Å². The van der Waals surface area contributed by atoms with Crippen LogP contribution in [-0.4, -0.2) is 45.1 Å². The van der Waals surface area contributed by atoms with E-state index in [1.54, 1.807) is 6.07 Å². The first-order valence-corrected chi connectivity index (χ1v) is 8.86. The fraction of sp³-hybridized carbons (Fsp3) is 0.571. The fourth-order valence-corrected chi connectivity index (χ4v) is 4.26. The molecule has 2 rings (SSSR count). The molecule has 0 saturated carbocycles. The molecule has 1 saturated heterocycles. The molecule has 0 spiro atoms. The Balaban J connectivity index is 2.08. The molecule has 1 atom stereocenters. The Labute approximate surface area is 131 Å². The molecule has 1 aliphatic heterocycles. The van der Waals surface area contributed by atoms with Gasteiger partial charge >= 0.3 is 0 Å². The van der Waals surface area contributed by atoms with E-state index < -0.39 is 10.0 Å². The summed E-state index contributed by atoms with van der Waals surface area (Å²) in [5.74, 6) is 0.318. The third-order valence-corrected chi connectivity index (χ3v) is 5.66. The maximum absolute atomic E-state index is 12.4. The third-order valence-electron chi connectivity index (χ3n) is 3.75. The Bertz CT molecular complexity index is 592. The van der Waals surface area contributed by atoms with Gasteiger partial charge in [0.25, 0.3) is 0 Å². The first-order valence-electron chi connectivity index (χ1n) is 7.00. The second kappa shape index (κ2) is 7.07. The summed E-state index contributed by atoms with van der Waals surface area (Å²) < 4.78 is 27.3. The summed E-state index contributed by atoms with van der Waals surface area (Å²) in [5.41, 5.74) is 0.525. The number of halogens is 1. The van der Waals surface area contributed by atoms with E-state index in [9.17, 15) is 8.42 Å². The van der Waals surface area contributed by atoms with Crippen LogP contribution in [-0.2, 0) is 16.6 Å². The van der Waals surface area contributed by atoms with E-state index in [1.807, 2.05) is 7.05 Å². The van der Waals surface area contributed by atoms with Crippen molar-refractivity contribution in [1.82, 2.24) is 9.62 Å². The SMILES string of the molecule is CN1CCCC(CNS(=O)(=O)c2cc(CO)ccc2Cl)C1. The summed E-state index contributed by atoms with van der Waals surface area (Å²) in [6.45, 7) is 2.15. The first-order chi connectivity index (χ1) is 9.92. The molecule has 1 fully saturated rings. The van der Waals surface area contributed by atoms with Gasteiger partial charge in [0.15, 0.2) is 0 Å². The summed E-state index contributed by atoms with van der Waals surface area (Å²) in [4.78, 5) is 2.24. The lowest BCUT2D eigenvalue weighted by Gasteiger charge is -2.29. The van der Waals surface area contributed by atoms with E-state index in [0.29, 0.717) is 18.0 Å². The van der Waals surface area contributed by atoms with Crippen LogP contribution in [0.2, 0.25) is 5.02 Å². The highest BCUT2D eigenvalue weighted by atomic mass is 35.5. The highest BCUT2D eigenvalue weighted by molar-refractivity contribution is 7.89. The summed E-state index contributed by atoms with van der Waals surface area (Å²) in [6.07, 6.45) is 2.11. The Morgan fingerprint density at radius 3 is 2.90 bits per heavy atom. The van der Waals surface area contributed by atoms with Crippen LogP contribution in [0, 0.1) is 5.92 Å². The highest BCUT2D eigenvalue weighted by Crippen LogP contribution is 2.23. The van der Waals surface area contributed by atoms with Crippen LogP contribution in [0.4, 0.5) is 0 Å². The summed E-state index contributed by atoms with van der Waals surface area (Å²) in [6, 6.07) is 4.52. The van der Waals surface area contributed by atoms with Crippen LogP contribution in [0.3, 0.4) is 0 Å². The number of benzene rings is 1. The van der Waals surface area contributed by atoms with Crippen LogP contribution in [0.1, 0.15) is 18.4 Å². The first kappa shape index (κ1) is 16.7. The lowest BCUT2D eigenvalue weighted by atomic mass is 9.99. The maximum atomic E-state index is 12.4. The second-order valence-corrected chi connectivity index (χ2v) is 7.69. The van der Waals surface area contributed by atoms with Gasteiger partial charge < -0.3 is 10.0 Å². The van der Waals surface area contributed by atoms with E-state index in [-0.39, 0.29) is 16.5 Å². The van der Waals surface area contributed by atoms with Gasteiger partial charge in [-0.3, -0.25) is 0 Å². The number of aliphatic hydroxyl groups excluding tert-OH is 1. The monoisotopic (exact) mass is 332 g/mol. The van der Waals surface area contributed by atoms with Gasteiger partial charge in [-0.15, -0.1) is 0 Å². The van der Waals surface area contributed by atoms with Crippen LogP contribution in [0.15, 0.2) is 23.1 Å². The van der Waals surface area contributed by atoms with Gasteiger partial charge in [0.2, 0.25) is 10.0 Å². The topological polar surface area (TPSA) is 69.6 Å². The largest absolute Gasteiger partial charge is 0.392 e. The molecule has 0 bridgehead atoms. The van der Waals surface area contributed by atoms with Crippen molar-refractivity contribution in [2.75, 3.05) is 26.7 Å². The minimum atomic E-state index is -3.65. The number of nitrogens with zero attached hydrogens (tertiary/aromatic N) is 1. The minimum absolute atomic E-state index is 0.0277. The molecule has 1 aromatic rings. The normalized spacial score (nSPS) is 20.6. The van der Waals surface area contributed by atoms with Crippen molar-refractivity contribution in [2.45, 2.75) is 24.3 Å². The van der Waals surface area contributed by atoms with Crippen molar-refractivity contribution in [2.24, 2.45) is 5.92 Å². The number of piperidine rings is 1. The molecule has 2 N–H and O–H groups in total. The summed E-state index contributed by atoms with van der Waals surface area (Å²) in [5, 5.41) is 9.28. The van der Waals surface area contributed by atoms with Crippen molar-refractivity contribution in [3.05, 3.63) is 28.8 Å². The van der Waals surface area contributed by atoms with E-state index in [2.05, 4.69) is 9.62 Å². The van der Waals surface area contributed by atoms with Crippen molar-refractivity contribution in [3.8, 4) is 0 Å². The number of aliphatic hydroxyl groups is 1. The number of sulfonamides is 1. The third kappa shape index (κ3) is 4.40. The van der Waals surface area contributed by atoms with E-state index >= 15 is 0 Å². The van der Waals surface area contributed by atoms with E-state index in [0.717, 1.165) is 25.9 Å². The minimum Gasteiger partial charge on any atom is -0.392 e. The fourth-order valence-electron chi connectivity index (χ4n) is 2.60. The van der Waals surface area contributed by atoms with Gasteiger partial charge in [-0.25, -0.2) is 13.1 Å². The smallest absolute Gasteiger partial charge is 0.242 e. The molecule has 118 valence electrons. The zero-order valence-corrected chi connectivity index (χ0v) is 13.6. The van der Waals surface area contributed by atoms with Crippen LogP contribution in [0.25, 0.3) is 0 Å². The molecule has 1 heterocycles. The Morgan fingerprint density at radius 2 is 2.24 bits per heavy atom. The zero-order chi connectivity index (χ0) is 15.5. The standard InChI is InChI=1S/C14H21ClN2O3S/c1-17-6-2-3-12(9-17)8-16-21(19,20)14-7-11(10-18)4-5-13(14)15/h4-5,7,12,16,18H,2-3,6,8-10H2,1H3. The number of hydrogen-bond donors (Lipinski definition) is 2. The molecule has 0 radical (unpaired) electrons. The van der Waals surface area contributed by atoms with Gasteiger partial charge in [0, 0.05) is 13.1 Å². The van der Waals surface area contributed by atoms with Crippen molar-refractivity contribution >= 4 is 21.6 Å². The highest BCUT2D eigenvalue weighted by Gasteiger charge is 2.22. The predicted molar refractivity (Wildman–Crippen MR) is 82.8 cm³/mol. The molecular weight excluding hydrogens is 312 g/mol. The van der Waals surface area contributed by atoms with E-state index in [4.69, 9.17) is 16.7 Å². The molecule has 0 aromatic heterocycles. The van der Waals surface area contributed by atoms with Gasteiger partial charge in [-0.2, -0.15) is 0 Å². The molecule has 1 aromatic carbocycles. The molecule has 0 amide bonds. The molecule has 7 heteroatoms. The van der Waals surface area contributed by atoms with Gasteiger partial charge in [-0.05, 0) is 50.0 Å². The molecule has 21 heavy (non-hydrogen) atoms. The van der Waals surface area contributed by atoms with Gasteiger partial charge in [-0.1, -0.05) is 17.7 Å². The van der Waals surface area contributed by atoms with Crippen molar-refractivity contribution in [3.63, 3.8) is 0 Å². The lowest BCUT2D eigenvalue weighted by Crippen LogP contribution is -2.39. The molecule has 1 aliphatic rings. The quantitative estimate of drug-likeness (QED) is 0.856. The molecule has 1 unspecified atom stereocenters. The van der Waals surface area contributed by atoms with E-state index in [1.165, 1.54) is 12.1 Å². The molecule has 5 nitrogen and oxygen atoms in total. The van der Waals surface area contributed by atoms with Crippen molar-refractivity contribution < 1.29 is 13.5 Å². The van der Waals surface area contributed by atoms with Gasteiger partial charge in [0.05, 0.1) is 11.6 Å². The predicted octanol–water partition coefficient (Wildman–Crippen LogP) is 1.45. The second-order valence-electron chi connectivity index (χ2n) is 5.55. The lowest BCUT2D eigenvalue weighted by molar-refractivity contribution is 0.211. The van der Waals surface area contributed by atoms with Gasteiger partial charge in [0.1, 0.15) is 4.90 Å². The zero-order valence-electron chi connectivity index (χ0n) is 12.0. The van der Waals surface area contributed by atoms with Crippen molar-refractivity contribution in [1.29, 1.82) is 0 Å². The number of rotatable bonds is 5. The average molecular weight is 333 g/mol. The average Bonchev–Trinajstić information content (AvgIpc) is 2.46. The maximum Gasteiger partial charge on any atom is 0.242 e. The Kier molecular flexibility index (Phi) is 5.62. The number of hydrogen-bond acceptors (Lipinski definition) is 4. The van der Waals surface area contributed by atoms with Crippen LogP contribution in [0.5, 0.6) is 0 Å². The summed E-state index contributed by atoms with van der Waals surface area (Å²) >= 11 is 5.97. The molecular formula is C14H21ClN2O3S. The summed E-state index contributed by atoms with van der Waals surface area (Å²) in [7, 11) is -1.61.